The number of pyridine rings is 3. The van der Waals surface area contributed by atoms with Gasteiger partial charge in [-0.25, -0.2) is 0 Å². The van der Waals surface area contributed by atoms with Crippen molar-refractivity contribution in [3.8, 4) is 16.8 Å². The van der Waals surface area contributed by atoms with E-state index in [0.717, 1.165) is 28.0 Å². The van der Waals surface area contributed by atoms with Gasteiger partial charge in [-0.3, -0.25) is 19.3 Å². The number of nitrogens with one attached hydrogen (secondary N) is 1. The van der Waals surface area contributed by atoms with Crippen molar-refractivity contribution in [2.45, 2.75) is 0 Å². The van der Waals surface area contributed by atoms with Crippen LogP contribution in [0.1, 0.15) is 0 Å². The lowest BCUT2D eigenvalue weighted by molar-refractivity contribution is 1.09. The summed E-state index contributed by atoms with van der Waals surface area (Å²) in [5, 5.41) is 4.00. The summed E-state index contributed by atoms with van der Waals surface area (Å²) in [5.74, 6) is 0.676. The van der Waals surface area contributed by atoms with Gasteiger partial charge in [0.05, 0.1) is 17.1 Å². The average molecular weight is 390 g/mol. The second-order valence-corrected chi connectivity index (χ2v) is 6.88. The molecule has 5 nitrogen and oxygen atoms in total. The van der Waals surface area contributed by atoms with Crippen molar-refractivity contribution in [3.05, 3.63) is 114 Å². The van der Waals surface area contributed by atoms with Gasteiger partial charge in [0.2, 0.25) is 0 Å². The van der Waals surface area contributed by atoms with Crippen molar-refractivity contribution in [1.82, 2.24) is 14.5 Å². The molecule has 5 aromatic rings. The molecule has 0 amide bonds. The highest BCUT2D eigenvalue weighted by atomic mass is 16.1. The molecular weight excluding hydrogens is 372 g/mol. The van der Waals surface area contributed by atoms with Crippen LogP contribution in [0.2, 0.25) is 0 Å². The van der Waals surface area contributed by atoms with E-state index in [1.807, 2.05) is 77.4 Å². The van der Waals surface area contributed by atoms with Crippen LogP contribution < -0.4 is 10.7 Å². The second kappa shape index (κ2) is 7.64. The molecule has 2 aromatic carbocycles. The summed E-state index contributed by atoms with van der Waals surface area (Å²) in [6, 6.07) is 25.2. The van der Waals surface area contributed by atoms with Gasteiger partial charge in [0.25, 0.3) is 0 Å². The zero-order valence-corrected chi connectivity index (χ0v) is 16.1. The van der Waals surface area contributed by atoms with E-state index in [1.165, 1.54) is 0 Å². The molecule has 0 fully saturated rings. The van der Waals surface area contributed by atoms with Crippen molar-refractivity contribution >= 4 is 22.4 Å². The van der Waals surface area contributed by atoms with Gasteiger partial charge < -0.3 is 5.32 Å². The number of hydrogen-bond donors (Lipinski definition) is 1. The van der Waals surface area contributed by atoms with Crippen LogP contribution in [0.15, 0.2) is 108 Å². The molecule has 1 N–H and O–H groups in total. The molecule has 0 spiro atoms. The Hall–Kier alpha value is -4.25. The van der Waals surface area contributed by atoms with E-state index in [9.17, 15) is 4.79 Å². The zero-order chi connectivity index (χ0) is 20.3. The number of nitrogens with zero attached hydrogens (tertiary/aromatic N) is 3. The number of aromatic nitrogens is 3. The van der Waals surface area contributed by atoms with E-state index in [2.05, 4.69) is 15.3 Å². The molecule has 30 heavy (non-hydrogen) atoms. The van der Waals surface area contributed by atoms with Gasteiger partial charge in [-0.05, 0) is 30.3 Å². The highest BCUT2D eigenvalue weighted by Crippen LogP contribution is 2.30. The van der Waals surface area contributed by atoms with Crippen LogP contribution in [0.4, 0.5) is 11.5 Å². The van der Waals surface area contributed by atoms with E-state index >= 15 is 0 Å². The molecule has 0 bridgehead atoms. The summed E-state index contributed by atoms with van der Waals surface area (Å²) in [6.45, 7) is 0. The topological polar surface area (TPSA) is 59.8 Å². The van der Waals surface area contributed by atoms with Crippen LogP contribution in [0.5, 0.6) is 0 Å². The first-order chi connectivity index (χ1) is 14.8. The van der Waals surface area contributed by atoms with Crippen LogP contribution >= 0.6 is 0 Å². The molecule has 0 saturated carbocycles. The maximum absolute atomic E-state index is 13.3. The maximum Gasteiger partial charge on any atom is 0.192 e. The summed E-state index contributed by atoms with van der Waals surface area (Å²) < 4.78 is 2.02. The lowest BCUT2D eigenvalue weighted by Crippen LogP contribution is -2.13. The van der Waals surface area contributed by atoms with Crippen LogP contribution in [0, 0.1) is 0 Å². The minimum atomic E-state index is -0.0723. The molecule has 0 radical (unpaired) electrons. The number of rotatable bonds is 4. The molecule has 0 unspecified atom stereocenters. The fourth-order valence-corrected chi connectivity index (χ4v) is 3.63. The molecule has 0 aliphatic carbocycles. The Morgan fingerprint density at radius 2 is 1.53 bits per heavy atom. The molecule has 0 aliphatic rings. The molecule has 3 aromatic heterocycles. The van der Waals surface area contributed by atoms with Crippen LogP contribution in [-0.4, -0.2) is 14.5 Å². The summed E-state index contributed by atoms with van der Waals surface area (Å²) in [5.41, 5.74) is 4.12. The monoisotopic (exact) mass is 390 g/mol. The van der Waals surface area contributed by atoms with Crippen molar-refractivity contribution in [2.75, 3.05) is 5.32 Å². The number of benzene rings is 2. The minimum absolute atomic E-state index is 0.0723. The largest absolute Gasteiger partial charge is 0.341 e. The third kappa shape index (κ3) is 3.22. The summed E-state index contributed by atoms with van der Waals surface area (Å²) in [6.07, 6.45) is 6.92. The van der Waals surface area contributed by atoms with Crippen molar-refractivity contribution in [1.29, 1.82) is 0 Å². The Bertz CT molecular complexity index is 1360. The van der Waals surface area contributed by atoms with E-state index in [1.54, 1.807) is 30.9 Å². The van der Waals surface area contributed by atoms with Crippen molar-refractivity contribution < 1.29 is 0 Å². The molecule has 3 heterocycles. The zero-order valence-electron chi connectivity index (χ0n) is 16.1. The first-order valence-electron chi connectivity index (χ1n) is 9.63. The van der Waals surface area contributed by atoms with Gasteiger partial charge in [-0.15, -0.1) is 0 Å². The SMILES string of the molecule is O=c1cc(Nc2ccccc2)n(-c2ccccc2)c2cncc(-c3cccnc3)c12. The van der Waals surface area contributed by atoms with Gasteiger partial charge in [-0.2, -0.15) is 0 Å². The smallest absolute Gasteiger partial charge is 0.192 e. The number of hydrogen-bond acceptors (Lipinski definition) is 4. The Morgan fingerprint density at radius 3 is 2.27 bits per heavy atom. The molecule has 5 rings (SSSR count). The van der Waals surface area contributed by atoms with E-state index in [0.29, 0.717) is 11.2 Å². The van der Waals surface area contributed by atoms with Gasteiger partial charge in [0, 0.05) is 47.2 Å². The van der Waals surface area contributed by atoms with Gasteiger partial charge in [-0.1, -0.05) is 42.5 Å². The predicted octanol–water partition coefficient (Wildman–Crippen LogP) is 5.19. The standard InChI is InChI=1S/C25H18N4O/c30-23-14-24(28-19-9-3-1-4-10-19)29(20-11-5-2-6-12-20)22-17-27-16-21(25(22)23)18-8-7-13-26-15-18/h1-17,28H. The Morgan fingerprint density at radius 1 is 0.767 bits per heavy atom. The van der Waals surface area contributed by atoms with Crippen LogP contribution in [-0.2, 0) is 0 Å². The van der Waals surface area contributed by atoms with Gasteiger partial charge >= 0.3 is 0 Å². The van der Waals surface area contributed by atoms with E-state index in [4.69, 9.17) is 0 Å². The lowest BCUT2D eigenvalue weighted by atomic mass is 10.0. The Kier molecular flexibility index (Phi) is 4.54. The van der Waals surface area contributed by atoms with Crippen LogP contribution in [0.3, 0.4) is 0 Å². The fourth-order valence-electron chi connectivity index (χ4n) is 3.63. The highest BCUT2D eigenvalue weighted by Gasteiger charge is 2.15. The van der Waals surface area contributed by atoms with Crippen molar-refractivity contribution in [3.63, 3.8) is 0 Å². The third-order valence-corrected chi connectivity index (χ3v) is 4.96. The quantitative estimate of drug-likeness (QED) is 0.459. The summed E-state index contributed by atoms with van der Waals surface area (Å²) >= 11 is 0. The highest BCUT2D eigenvalue weighted by molar-refractivity contribution is 5.95. The predicted molar refractivity (Wildman–Crippen MR) is 120 cm³/mol. The molecule has 0 saturated heterocycles. The fraction of sp³-hybridized carbons (Fsp3) is 0. The second-order valence-electron chi connectivity index (χ2n) is 6.88. The van der Waals surface area contributed by atoms with Crippen LogP contribution in [0.25, 0.3) is 27.7 Å². The van der Waals surface area contributed by atoms with Crippen molar-refractivity contribution in [2.24, 2.45) is 0 Å². The normalized spacial score (nSPS) is 10.8. The molecule has 144 valence electrons. The number of para-hydroxylation sites is 2. The minimum Gasteiger partial charge on any atom is -0.341 e. The number of fused-ring (bicyclic) bond motifs is 1. The molecule has 0 atom stereocenters. The van der Waals surface area contributed by atoms with E-state index < -0.39 is 0 Å². The number of anilines is 2. The lowest BCUT2D eigenvalue weighted by Gasteiger charge is -2.19. The Balaban J connectivity index is 1.82. The molecule has 0 aliphatic heterocycles. The maximum atomic E-state index is 13.3. The first-order valence-corrected chi connectivity index (χ1v) is 9.63. The van der Waals surface area contributed by atoms with E-state index in [-0.39, 0.29) is 5.43 Å². The average Bonchev–Trinajstić information content (AvgIpc) is 2.81. The van der Waals surface area contributed by atoms with Gasteiger partial charge in [0.15, 0.2) is 5.43 Å². The molecule has 5 heteroatoms. The summed E-state index contributed by atoms with van der Waals surface area (Å²) in [4.78, 5) is 21.9. The Labute approximate surface area is 173 Å². The summed E-state index contributed by atoms with van der Waals surface area (Å²) in [7, 11) is 0. The third-order valence-electron chi connectivity index (χ3n) is 4.96. The molecular formula is C25H18N4O. The first kappa shape index (κ1) is 17.8. The van der Waals surface area contributed by atoms with Gasteiger partial charge in [0.1, 0.15) is 5.82 Å².